The van der Waals surface area contributed by atoms with E-state index in [1.54, 1.807) is 0 Å². The molecule has 4 aliphatic carbocycles. The molecule has 4 atom stereocenters. The van der Waals surface area contributed by atoms with Gasteiger partial charge in [-0.05, 0) is 69.1 Å². The number of carbonyl (C=O) groups is 1. The number of hydrogen-bond donors (Lipinski definition) is 0. The molecular weight excluding hydrogens is 240 g/mol. The molecule has 5 rings (SSSR count). The van der Waals surface area contributed by atoms with E-state index in [1.807, 2.05) is 0 Å². The monoisotopic (exact) mass is 264 g/mol. The molecule has 0 amide bonds. The van der Waals surface area contributed by atoms with Crippen molar-refractivity contribution in [2.24, 2.45) is 23.7 Å². The van der Waals surface area contributed by atoms with Crippen LogP contribution < -0.4 is 0 Å². The lowest BCUT2D eigenvalue weighted by molar-refractivity contribution is -0.280. The summed E-state index contributed by atoms with van der Waals surface area (Å²) in [7, 11) is 0. The summed E-state index contributed by atoms with van der Waals surface area (Å²) in [5, 5.41) is 0. The van der Waals surface area contributed by atoms with Gasteiger partial charge < -0.3 is 14.3 Å². The van der Waals surface area contributed by atoms with Crippen molar-refractivity contribution in [2.75, 3.05) is 6.61 Å². The summed E-state index contributed by atoms with van der Waals surface area (Å²) in [6.45, 7) is 0.822. The van der Waals surface area contributed by atoms with Crippen LogP contribution in [0, 0.1) is 23.7 Å². The molecule has 0 aromatic carbocycles. The van der Waals surface area contributed by atoms with Gasteiger partial charge in [-0.15, -0.1) is 0 Å². The molecule has 3 heteroatoms. The molecular formula is C16H24O3. The van der Waals surface area contributed by atoms with Crippen LogP contribution in [0.4, 0.5) is 0 Å². The Morgan fingerprint density at radius 3 is 2.53 bits per heavy atom. The first-order valence-corrected chi connectivity index (χ1v) is 8.04. The standard InChI is InChI=1S/C16H24O3/c17-10-14-13-6-11-5-12(7-13)9-16(14,8-11)19-15-3-1-2-4-18-15/h10-15H,1-9H2. The Morgan fingerprint density at radius 2 is 1.89 bits per heavy atom. The summed E-state index contributed by atoms with van der Waals surface area (Å²) < 4.78 is 12.2. The summed E-state index contributed by atoms with van der Waals surface area (Å²) in [5.41, 5.74) is -0.168. The minimum Gasteiger partial charge on any atom is -0.353 e. The van der Waals surface area contributed by atoms with Gasteiger partial charge in [0.15, 0.2) is 6.29 Å². The molecule has 5 aliphatic rings. The van der Waals surface area contributed by atoms with Gasteiger partial charge in [-0.3, -0.25) is 0 Å². The van der Waals surface area contributed by atoms with Gasteiger partial charge in [0.1, 0.15) is 6.29 Å². The SMILES string of the molecule is O=CC1C2CC3CC(C2)CC1(OC1CCCCO1)C3. The normalized spacial score (nSPS) is 52.3. The van der Waals surface area contributed by atoms with Crippen molar-refractivity contribution in [1.29, 1.82) is 0 Å². The lowest BCUT2D eigenvalue weighted by Gasteiger charge is -2.60. The molecule has 1 heterocycles. The molecule has 0 radical (unpaired) electrons. The highest BCUT2D eigenvalue weighted by atomic mass is 16.7. The van der Waals surface area contributed by atoms with E-state index in [4.69, 9.17) is 9.47 Å². The number of aldehydes is 1. The van der Waals surface area contributed by atoms with Gasteiger partial charge in [0.25, 0.3) is 0 Å². The zero-order valence-corrected chi connectivity index (χ0v) is 11.6. The van der Waals surface area contributed by atoms with E-state index < -0.39 is 0 Å². The van der Waals surface area contributed by atoms with Crippen molar-refractivity contribution in [3.05, 3.63) is 0 Å². The van der Waals surface area contributed by atoms with Crippen LogP contribution in [-0.4, -0.2) is 24.8 Å². The zero-order valence-electron chi connectivity index (χ0n) is 11.6. The average molecular weight is 264 g/mol. The maximum Gasteiger partial charge on any atom is 0.158 e. The van der Waals surface area contributed by atoms with E-state index >= 15 is 0 Å². The van der Waals surface area contributed by atoms with E-state index in [0.717, 1.165) is 44.1 Å². The highest BCUT2D eigenvalue weighted by Gasteiger charge is 2.58. The van der Waals surface area contributed by atoms with Gasteiger partial charge in [0.2, 0.25) is 0 Å². The highest BCUT2D eigenvalue weighted by Crippen LogP contribution is 2.59. The lowest BCUT2D eigenvalue weighted by atomic mass is 9.50. The van der Waals surface area contributed by atoms with E-state index in [0.29, 0.717) is 5.92 Å². The third-order valence-electron chi connectivity index (χ3n) is 5.97. The molecule has 0 N–H and O–H groups in total. The van der Waals surface area contributed by atoms with E-state index in [2.05, 4.69) is 0 Å². The number of rotatable bonds is 3. The molecule has 1 saturated heterocycles. The molecule has 4 unspecified atom stereocenters. The maximum absolute atomic E-state index is 11.6. The van der Waals surface area contributed by atoms with Gasteiger partial charge in [-0.1, -0.05) is 0 Å². The fourth-order valence-electron chi connectivity index (χ4n) is 5.48. The van der Waals surface area contributed by atoms with Crippen molar-refractivity contribution in [3.8, 4) is 0 Å². The first-order valence-electron chi connectivity index (χ1n) is 8.04. The van der Waals surface area contributed by atoms with Crippen LogP contribution in [0.5, 0.6) is 0 Å². The molecule has 5 fully saturated rings. The van der Waals surface area contributed by atoms with Crippen molar-refractivity contribution < 1.29 is 14.3 Å². The first kappa shape index (κ1) is 12.3. The van der Waals surface area contributed by atoms with Crippen LogP contribution in [0.2, 0.25) is 0 Å². The van der Waals surface area contributed by atoms with Crippen LogP contribution in [0.25, 0.3) is 0 Å². The van der Waals surface area contributed by atoms with Crippen molar-refractivity contribution in [3.63, 3.8) is 0 Å². The van der Waals surface area contributed by atoms with E-state index in [9.17, 15) is 4.79 Å². The predicted octanol–water partition coefficient (Wildman–Crippen LogP) is 2.92. The van der Waals surface area contributed by atoms with Gasteiger partial charge in [-0.2, -0.15) is 0 Å². The Labute approximate surface area is 115 Å². The fourth-order valence-corrected chi connectivity index (χ4v) is 5.48. The predicted molar refractivity (Wildman–Crippen MR) is 70.5 cm³/mol. The fraction of sp³-hybridized carbons (Fsp3) is 0.938. The molecule has 0 aromatic heterocycles. The van der Waals surface area contributed by atoms with Crippen LogP contribution in [0.15, 0.2) is 0 Å². The number of carbonyl (C=O) groups excluding carboxylic acids is 1. The molecule has 0 spiro atoms. The van der Waals surface area contributed by atoms with Gasteiger partial charge >= 0.3 is 0 Å². The summed E-state index contributed by atoms with van der Waals surface area (Å²) in [6, 6.07) is 0. The third kappa shape index (κ3) is 1.97. The Balaban J connectivity index is 1.57. The van der Waals surface area contributed by atoms with Gasteiger partial charge in [0.05, 0.1) is 5.60 Å². The largest absolute Gasteiger partial charge is 0.353 e. The minimum absolute atomic E-state index is 0.0487. The summed E-state index contributed by atoms with van der Waals surface area (Å²) >= 11 is 0. The summed E-state index contributed by atoms with van der Waals surface area (Å²) in [5.74, 6) is 2.33. The van der Waals surface area contributed by atoms with Crippen molar-refractivity contribution >= 4 is 6.29 Å². The minimum atomic E-state index is -0.168. The number of hydrogen-bond acceptors (Lipinski definition) is 3. The first-order chi connectivity index (χ1) is 9.29. The second-order valence-electron chi connectivity index (χ2n) is 7.25. The van der Waals surface area contributed by atoms with Crippen LogP contribution >= 0.6 is 0 Å². The summed E-state index contributed by atoms with van der Waals surface area (Å²) in [4.78, 5) is 11.6. The molecule has 106 valence electrons. The molecule has 0 aromatic rings. The Kier molecular flexibility index (Phi) is 2.96. The van der Waals surface area contributed by atoms with Gasteiger partial charge in [-0.25, -0.2) is 0 Å². The van der Waals surface area contributed by atoms with E-state index in [1.165, 1.54) is 32.0 Å². The lowest BCUT2D eigenvalue weighted by Crippen LogP contribution is -2.60. The van der Waals surface area contributed by atoms with Crippen molar-refractivity contribution in [2.45, 2.75) is 63.3 Å². The second-order valence-corrected chi connectivity index (χ2v) is 7.25. The molecule has 4 saturated carbocycles. The number of ether oxygens (including phenoxy) is 2. The average Bonchev–Trinajstić information content (AvgIpc) is 2.38. The molecule has 4 bridgehead atoms. The zero-order chi connectivity index (χ0) is 12.9. The Hall–Kier alpha value is -0.410. The Morgan fingerprint density at radius 1 is 1.11 bits per heavy atom. The third-order valence-corrected chi connectivity index (χ3v) is 5.97. The van der Waals surface area contributed by atoms with Gasteiger partial charge in [0, 0.05) is 12.5 Å². The smallest absolute Gasteiger partial charge is 0.158 e. The van der Waals surface area contributed by atoms with E-state index in [-0.39, 0.29) is 17.8 Å². The Bertz CT molecular complexity index is 347. The molecule has 3 nitrogen and oxygen atoms in total. The quantitative estimate of drug-likeness (QED) is 0.735. The molecule has 19 heavy (non-hydrogen) atoms. The van der Waals surface area contributed by atoms with Crippen LogP contribution in [-0.2, 0) is 14.3 Å². The maximum atomic E-state index is 11.6. The highest BCUT2D eigenvalue weighted by molar-refractivity contribution is 5.57. The van der Waals surface area contributed by atoms with Crippen molar-refractivity contribution in [1.82, 2.24) is 0 Å². The summed E-state index contributed by atoms with van der Waals surface area (Å²) in [6.07, 6.45) is 10.6. The molecule has 1 aliphatic heterocycles. The second kappa shape index (κ2) is 4.56. The topological polar surface area (TPSA) is 35.5 Å². The van der Waals surface area contributed by atoms with Crippen LogP contribution in [0.1, 0.15) is 51.4 Å². The van der Waals surface area contributed by atoms with Crippen LogP contribution in [0.3, 0.4) is 0 Å².